The summed E-state index contributed by atoms with van der Waals surface area (Å²) < 4.78 is 4.43. The number of hydrogen-bond donors (Lipinski definition) is 1. The van der Waals surface area contributed by atoms with Gasteiger partial charge in [-0.05, 0) is 25.0 Å². The van der Waals surface area contributed by atoms with Crippen molar-refractivity contribution in [2.75, 3.05) is 18.4 Å². The molecule has 3 rings (SSSR count). The summed E-state index contributed by atoms with van der Waals surface area (Å²) in [5.41, 5.74) is 0.673. The highest BCUT2D eigenvalue weighted by atomic mass is 32.1. The van der Waals surface area contributed by atoms with E-state index in [1.54, 1.807) is 24.5 Å². The molecule has 128 valence electrons. The van der Waals surface area contributed by atoms with E-state index in [4.69, 9.17) is 0 Å². The predicted octanol–water partition coefficient (Wildman–Crippen LogP) is 2.95. The molecule has 0 atom stereocenters. The highest BCUT2D eigenvalue weighted by Gasteiger charge is 2.25. The Morgan fingerprint density at radius 3 is 2.50 bits per heavy atom. The third-order valence-corrected chi connectivity index (χ3v) is 4.78. The van der Waals surface area contributed by atoms with E-state index >= 15 is 0 Å². The first kappa shape index (κ1) is 16.8. The molecule has 0 aromatic carbocycles. The Kier molecular flexibility index (Phi) is 4.80. The van der Waals surface area contributed by atoms with E-state index < -0.39 is 0 Å². The van der Waals surface area contributed by atoms with Gasteiger partial charge in [0.25, 0.3) is 5.91 Å². The molecule has 2 aromatic rings. The Morgan fingerprint density at radius 2 is 1.92 bits per heavy atom. The summed E-state index contributed by atoms with van der Waals surface area (Å²) in [5, 5.41) is 4.34. The lowest BCUT2D eigenvalue weighted by Gasteiger charge is -2.32. The lowest BCUT2D eigenvalue weighted by Crippen LogP contribution is -2.42. The number of carbonyl (C=O) groups excluding carboxylic acids is 1. The van der Waals surface area contributed by atoms with Crippen molar-refractivity contribution in [2.24, 2.45) is 0 Å². The lowest BCUT2D eigenvalue weighted by atomic mass is 9.96. The normalized spacial score (nSPS) is 16.2. The van der Waals surface area contributed by atoms with Crippen molar-refractivity contribution >= 4 is 22.6 Å². The molecule has 1 amide bonds. The quantitative estimate of drug-likeness (QED) is 0.926. The van der Waals surface area contributed by atoms with Gasteiger partial charge in [0, 0.05) is 54.0 Å². The highest BCUT2D eigenvalue weighted by Crippen LogP contribution is 2.25. The third kappa shape index (κ3) is 3.90. The predicted molar refractivity (Wildman–Crippen MR) is 95.4 cm³/mol. The Hall–Kier alpha value is -2.02. The molecular weight excluding hydrogens is 322 g/mol. The molecule has 1 aliphatic heterocycles. The van der Waals surface area contributed by atoms with Crippen LogP contribution in [0.1, 0.15) is 49.8 Å². The number of carbonyl (C=O) groups is 1. The van der Waals surface area contributed by atoms with Crippen LogP contribution in [0.3, 0.4) is 0 Å². The number of anilines is 1. The smallest absolute Gasteiger partial charge is 0.253 e. The van der Waals surface area contributed by atoms with Gasteiger partial charge < -0.3 is 10.2 Å². The summed E-state index contributed by atoms with van der Waals surface area (Å²) >= 11 is 1.41. The van der Waals surface area contributed by atoms with Gasteiger partial charge in [0.05, 0.1) is 0 Å². The van der Waals surface area contributed by atoms with E-state index in [1.807, 2.05) is 4.90 Å². The zero-order chi connectivity index (χ0) is 17.2. The number of likely N-dealkylation sites (tertiary alicyclic amines) is 1. The molecule has 0 bridgehead atoms. The fourth-order valence-corrected chi connectivity index (χ4v) is 3.50. The fourth-order valence-electron chi connectivity index (χ4n) is 2.67. The fraction of sp³-hybridized carbons (Fsp3) is 0.529. The van der Waals surface area contributed by atoms with E-state index in [2.05, 4.69) is 40.4 Å². The molecule has 24 heavy (non-hydrogen) atoms. The van der Waals surface area contributed by atoms with E-state index in [9.17, 15) is 4.79 Å². The zero-order valence-corrected chi connectivity index (χ0v) is 15.1. The van der Waals surface area contributed by atoms with Crippen LogP contribution < -0.4 is 5.32 Å². The molecule has 0 aliphatic carbocycles. The molecular formula is C17H23N5OS. The summed E-state index contributed by atoms with van der Waals surface area (Å²) in [4.78, 5) is 22.9. The Bertz CT molecular complexity index is 687. The van der Waals surface area contributed by atoms with Gasteiger partial charge in [0.1, 0.15) is 5.82 Å². The summed E-state index contributed by atoms with van der Waals surface area (Å²) in [6.45, 7) is 7.85. The monoisotopic (exact) mass is 345 g/mol. The number of nitrogens with zero attached hydrogens (tertiary/aromatic N) is 4. The van der Waals surface area contributed by atoms with Crippen molar-refractivity contribution in [3.8, 4) is 0 Å². The van der Waals surface area contributed by atoms with Crippen LogP contribution in [0.15, 0.2) is 24.5 Å². The minimum absolute atomic E-state index is 0.0310. The summed E-state index contributed by atoms with van der Waals surface area (Å²) in [5.74, 6) is 0.960. The van der Waals surface area contributed by atoms with Crippen molar-refractivity contribution in [1.29, 1.82) is 0 Å². The summed E-state index contributed by atoms with van der Waals surface area (Å²) in [6.07, 6.45) is 5.15. The van der Waals surface area contributed by atoms with Crippen LogP contribution in [0.5, 0.6) is 0 Å². The molecule has 0 spiro atoms. The van der Waals surface area contributed by atoms with Crippen molar-refractivity contribution in [2.45, 2.75) is 45.1 Å². The zero-order valence-electron chi connectivity index (χ0n) is 14.3. The second kappa shape index (κ2) is 6.84. The van der Waals surface area contributed by atoms with Crippen molar-refractivity contribution in [3.63, 3.8) is 0 Å². The number of piperidine rings is 1. The molecule has 1 N–H and O–H groups in total. The minimum Gasteiger partial charge on any atom is -0.357 e. The Labute approximate surface area is 146 Å². The average molecular weight is 345 g/mol. The van der Waals surface area contributed by atoms with E-state index in [1.165, 1.54) is 11.5 Å². The van der Waals surface area contributed by atoms with Crippen LogP contribution in [-0.4, -0.2) is 44.3 Å². The van der Waals surface area contributed by atoms with Crippen LogP contribution in [0, 0.1) is 0 Å². The van der Waals surface area contributed by atoms with Gasteiger partial charge in [-0.2, -0.15) is 4.37 Å². The Balaban J connectivity index is 1.54. The van der Waals surface area contributed by atoms with Gasteiger partial charge in [-0.3, -0.25) is 9.78 Å². The largest absolute Gasteiger partial charge is 0.357 e. The van der Waals surface area contributed by atoms with Gasteiger partial charge in [0.15, 0.2) is 0 Å². The molecule has 7 heteroatoms. The van der Waals surface area contributed by atoms with Crippen molar-refractivity contribution < 1.29 is 4.79 Å². The van der Waals surface area contributed by atoms with Crippen molar-refractivity contribution in [1.82, 2.24) is 19.2 Å². The van der Waals surface area contributed by atoms with E-state index in [0.717, 1.165) is 36.9 Å². The third-order valence-electron chi connectivity index (χ3n) is 4.13. The van der Waals surface area contributed by atoms with Gasteiger partial charge >= 0.3 is 0 Å². The number of nitrogens with one attached hydrogen (secondary N) is 1. The van der Waals surface area contributed by atoms with E-state index in [-0.39, 0.29) is 11.3 Å². The second-order valence-corrected chi connectivity index (χ2v) is 7.87. The second-order valence-electron chi connectivity index (χ2n) is 7.12. The average Bonchev–Trinajstić information content (AvgIpc) is 3.05. The van der Waals surface area contributed by atoms with Crippen LogP contribution >= 0.6 is 11.5 Å². The number of hydrogen-bond acceptors (Lipinski definition) is 6. The molecule has 1 aliphatic rings. The first-order chi connectivity index (χ1) is 11.4. The first-order valence-corrected chi connectivity index (χ1v) is 9.01. The number of rotatable bonds is 3. The summed E-state index contributed by atoms with van der Waals surface area (Å²) in [6, 6.07) is 3.87. The van der Waals surface area contributed by atoms with Gasteiger partial charge in [-0.1, -0.05) is 20.8 Å². The maximum Gasteiger partial charge on any atom is 0.253 e. The number of aromatic nitrogens is 3. The van der Waals surface area contributed by atoms with Crippen LogP contribution in [0.4, 0.5) is 5.13 Å². The van der Waals surface area contributed by atoms with Gasteiger partial charge in [-0.25, -0.2) is 4.98 Å². The van der Waals surface area contributed by atoms with Crippen LogP contribution in [0.2, 0.25) is 0 Å². The first-order valence-electron chi connectivity index (χ1n) is 8.23. The molecule has 3 heterocycles. The summed E-state index contributed by atoms with van der Waals surface area (Å²) in [7, 11) is 0. The van der Waals surface area contributed by atoms with Crippen LogP contribution in [-0.2, 0) is 5.41 Å². The maximum absolute atomic E-state index is 12.4. The SMILES string of the molecule is CC(C)(C)c1nsc(NC2CCN(C(=O)c3ccncc3)CC2)n1. The highest BCUT2D eigenvalue weighted by molar-refractivity contribution is 7.09. The van der Waals surface area contributed by atoms with Crippen molar-refractivity contribution in [3.05, 3.63) is 35.9 Å². The number of amides is 1. The maximum atomic E-state index is 12.4. The van der Waals surface area contributed by atoms with Gasteiger partial charge in [0.2, 0.25) is 5.13 Å². The van der Waals surface area contributed by atoms with E-state index in [0.29, 0.717) is 11.6 Å². The van der Waals surface area contributed by atoms with Crippen LogP contribution in [0.25, 0.3) is 0 Å². The molecule has 0 unspecified atom stereocenters. The Morgan fingerprint density at radius 1 is 1.25 bits per heavy atom. The topological polar surface area (TPSA) is 71.0 Å². The standard InChI is InChI=1S/C17H23N5OS/c1-17(2,3)15-20-16(24-21-15)19-13-6-10-22(11-7-13)14(23)12-4-8-18-9-5-12/h4-5,8-9,13H,6-7,10-11H2,1-3H3,(H,19,20,21). The molecule has 2 aromatic heterocycles. The molecule has 0 radical (unpaired) electrons. The lowest BCUT2D eigenvalue weighted by molar-refractivity contribution is 0.0718. The molecule has 1 saturated heterocycles. The molecule has 6 nitrogen and oxygen atoms in total. The molecule has 0 saturated carbocycles. The number of pyridine rings is 1. The van der Waals surface area contributed by atoms with Gasteiger partial charge in [-0.15, -0.1) is 0 Å². The minimum atomic E-state index is -0.0310. The molecule has 1 fully saturated rings.